The fourth-order valence-electron chi connectivity index (χ4n) is 3.36. The number of nitrogens with two attached hydrogens (primary N) is 1. The molecule has 0 saturated heterocycles. The van der Waals surface area contributed by atoms with Gasteiger partial charge >= 0.3 is 0 Å². The largest absolute Gasteiger partial charge is 0.368 e. The summed E-state index contributed by atoms with van der Waals surface area (Å²) in [5.41, 5.74) is 7.32. The van der Waals surface area contributed by atoms with Crippen LogP contribution in [0.5, 0.6) is 0 Å². The van der Waals surface area contributed by atoms with Crippen LogP contribution >= 0.6 is 11.3 Å². The standard InChI is InChI=1S/C18H24N6OS/c1-5-18(6-7-18)15(16(19)25)24(4)12(3)23-17-22-11(2)14(26-17)13-10-20-8-9-21-13/h8-10,15H,3,5-7H2,1-2,4H3,(H2,19,25)(H,22,23)/t15-/m1/s1. The molecule has 0 bridgehead atoms. The zero-order chi connectivity index (χ0) is 18.9. The number of likely N-dealkylation sites (N-methyl/N-ethyl adjacent to an activating group) is 1. The lowest BCUT2D eigenvalue weighted by molar-refractivity contribution is -0.124. The Morgan fingerprint density at radius 3 is 2.77 bits per heavy atom. The number of nitrogens with one attached hydrogen (secondary N) is 1. The first-order valence-corrected chi connectivity index (χ1v) is 9.41. The van der Waals surface area contributed by atoms with Gasteiger partial charge in [-0.2, -0.15) is 0 Å². The molecular weight excluding hydrogens is 348 g/mol. The number of primary amides is 1. The maximum atomic E-state index is 12.1. The van der Waals surface area contributed by atoms with E-state index in [1.54, 1.807) is 18.6 Å². The van der Waals surface area contributed by atoms with Crippen molar-refractivity contribution in [1.29, 1.82) is 0 Å². The highest BCUT2D eigenvalue weighted by molar-refractivity contribution is 7.19. The fourth-order valence-corrected chi connectivity index (χ4v) is 4.30. The molecule has 0 radical (unpaired) electrons. The topological polar surface area (TPSA) is 97.0 Å². The van der Waals surface area contributed by atoms with Crippen LogP contribution in [0.4, 0.5) is 5.13 Å². The van der Waals surface area contributed by atoms with E-state index < -0.39 is 0 Å². The Kier molecular flexibility index (Phi) is 4.95. The minimum absolute atomic E-state index is 0.0329. The number of hydrogen-bond donors (Lipinski definition) is 2. The number of carbonyl (C=O) groups excluding carboxylic acids is 1. The van der Waals surface area contributed by atoms with Crippen molar-refractivity contribution in [3.05, 3.63) is 36.7 Å². The van der Waals surface area contributed by atoms with Gasteiger partial charge < -0.3 is 16.0 Å². The molecule has 3 N–H and O–H groups in total. The lowest BCUT2D eigenvalue weighted by atomic mass is 9.91. The van der Waals surface area contributed by atoms with Crippen LogP contribution < -0.4 is 11.1 Å². The highest BCUT2D eigenvalue weighted by atomic mass is 32.1. The van der Waals surface area contributed by atoms with Crippen LogP contribution in [0.15, 0.2) is 31.0 Å². The number of rotatable bonds is 8. The van der Waals surface area contributed by atoms with E-state index in [1.807, 2.05) is 18.9 Å². The van der Waals surface area contributed by atoms with Gasteiger partial charge in [-0.25, -0.2) is 4.98 Å². The van der Waals surface area contributed by atoms with Crippen molar-refractivity contribution in [2.45, 2.75) is 39.2 Å². The summed E-state index contributed by atoms with van der Waals surface area (Å²) < 4.78 is 0. The molecule has 1 amide bonds. The maximum absolute atomic E-state index is 12.1. The van der Waals surface area contributed by atoms with Gasteiger partial charge in [0.15, 0.2) is 5.13 Å². The number of carbonyl (C=O) groups is 1. The van der Waals surface area contributed by atoms with Gasteiger partial charge in [-0.1, -0.05) is 24.8 Å². The number of nitrogens with zero attached hydrogens (tertiary/aromatic N) is 4. The highest BCUT2D eigenvalue weighted by Gasteiger charge is 2.52. The van der Waals surface area contributed by atoms with Crippen molar-refractivity contribution in [3.8, 4) is 10.6 Å². The molecule has 138 valence electrons. The summed E-state index contributed by atoms with van der Waals surface area (Å²) in [4.78, 5) is 27.8. The van der Waals surface area contributed by atoms with Crippen molar-refractivity contribution in [2.24, 2.45) is 11.1 Å². The number of anilines is 1. The molecule has 2 heterocycles. The second kappa shape index (κ2) is 7.03. The molecular formula is C18H24N6OS. The van der Waals surface area contributed by atoms with Crippen molar-refractivity contribution < 1.29 is 4.79 Å². The molecule has 2 aromatic rings. The van der Waals surface area contributed by atoms with Crippen LogP contribution in [-0.4, -0.2) is 38.8 Å². The third-order valence-electron chi connectivity index (χ3n) is 5.10. The molecule has 0 aliphatic heterocycles. The smallest absolute Gasteiger partial charge is 0.240 e. The molecule has 1 atom stereocenters. The fraction of sp³-hybridized carbons (Fsp3) is 0.444. The lowest BCUT2D eigenvalue weighted by Gasteiger charge is -2.34. The number of amides is 1. The minimum Gasteiger partial charge on any atom is -0.368 e. The third kappa shape index (κ3) is 3.41. The second-order valence-electron chi connectivity index (χ2n) is 6.73. The van der Waals surface area contributed by atoms with Crippen molar-refractivity contribution in [3.63, 3.8) is 0 Å². The van der Waals surface area contributed by atoms with Gasteiger partial charge in [0.2, 0.25) is 5.91 Å². The average Bonchev–Trinajstić information content (AvgIpc) is 3.31. The van der Waals surface area contributed by atoms with Crippen molar-refractivity contribution >= 4 is 22.4 Å². The second-order valence-corrected chi connectivity index (χ2v) is 7.73. The molecule has 3 rings (SSSR count). The van der Waals surface area contributed by atoms with E-state index in [9.17, 15) is 4.79 Å². The first kappa shape index (κ1) is 18.3. The van der Waals surface area contributed by atoms with E-state index in [-0.39, 0.29) is 17.4 Å². The SMILES string of the molecule is C=C(Nc1nc(C)c(-c2cnccn2)s1)N(C)[C@H](C(N)=O)C1(CC)CC1. The zero-order valence-electron chi connectivity index (χ0n) is 15.3. The third-order valence-corrected chi connectivity index (χ3v) is 6.20. The lowest BCUT2D eigenvalue weighted by Crippen LogP contribution is -2.49. The summed E-state index contributed by atoms with van der Waals surface area (Å²) in [6.07, 6.45) is 7.97. The first-order valence-electron chi connectivity index (χ1n) is 8.60. The summed E-state index contributed by atoms with van der Waals surface area (Å²) in [7, 11) is 1.85. The molecule has 1 aliphatic carbocycles. The van der Waals surface area contributed by atoms with E-state index in [0.29, 0.717) is 11.0 Å². The van der Waals surface area contributed by atoms with Gasteiger partial charge in [-0.15, -0.1) is 0 Å². The van der Waals surface area contributed by atoms with Crippen LogP contribution in [0.3, 0.4) is 0 Å². The number of aromatic nitrogens is 3. The summed E-state index contributed by atoms with van der Waals surface area (Å²) >= 11 is 1.48. The van der Waals surface area contributed by atoms with Crippen molar-refractivity contribution in [1.82, 2.24) is 19.9 Å². The van der Waals surface area contributed by atoms with E-state index in [4.69, 9.17) is 5.73 Å². The predicted octanol–water partition coefficient (Wildman–Crippen LogP) is 2.77. The Morgan fingerprint density at radius 2 is 2.23 bits per heavy atom. The van der Waals surface area contributed by atoms with Gasteiger partial charge in [-0.3, -0.25) is 14.8 Å². The molecule has 7 nitrogen and oxygen atoms in total. The van der Waals surface area contributed by atoms with Gasteiger partial charge in [-0.05, 0) is 31.6 Å². The Balaban J connectivity index is 1.76. The maximum Gasteiger partial charge on any atom is 0.240 e. The Bertz CT molecular complexity index is 814. The molecule has 1 saturated carbocycles. The Hall–Kier alpha value is -2.48. The number of thiazole rings is 1. The normalized spacial score (nSPS) is 16.0. The molecule has 1 aliphatic rings. The van der Waals surface area contributed by atoms with Gasteiger partial charge in [0.25, 0.3) is 0 Å². The van der Waals surface area contributed by atoms with E-state index in [1.165, 1.54) is 11.3 Å². The van der Waals surface area contributed by atoms with E-state index >= 15 is 0 Å². The summed E-state index contributed by atoms with van der Waals surface area (Å²) in [5, 5.41) is 3.91. The average molecular weight is 372 g/mol. The van der Waals surface area contributed by atoms with Gasteiger partial charge in [0.1, 0.15) is 17.6 Å². The zero-order valence-corrected chi connectivity index (χ0v) is 16.1. The molecule has 26 heavy (non-hydrogen) atoms. The quantitative estimate of drug-likeness (QED) is 0.739. The highest BCUT2D eigenvalue weighted by Crippen LogP contribution is 2.53. The molecule has 1 fully saturated rings. The van der Waals surface area contributed by atoms with Crippen molar-refractivity contribution in [2.75, 3.05) is 12.4 Å². The van der Waals surface area contributed by atoms with Crippen LogP contribution in [0.1, 0.15) is 31.9 Å². The molecule has 8 heteroatoms. The molecule has 0 unspecified atom stereocenters. The summed E-state index contributed by atoms with van der Waals surface area (Å²) in [6, 6.07) is -0.368. The summed E-state index contributed by atoms with van der Waals surface area (Å²) in [6.45, 7) is 8.12. The van der Waals surface area contributed by atoms with Crippen LogP contribution in [-0.2, 0) is 4.79 Å². The van der Waals surface area contributed by atoms with Crippen LogP contribution in [0.2, 0.25) is 0 Å². The van der Waals surface area contributed by atoms with E-state index in [2.05, 4.69) is 33.8 Å². The number of hydrogen-bond acceptors (Lipinski definition) is 7. The Labute approximate surface area is 157 Å². The van der Waals surface area contributed by atoms with E-state index in [0.717, 1.165) is 35.5 Å². The summed E-state index contributed by atoms with van der Waals surface area (Å²) in [5.74, 6) is 0.290. The number of aryl methyl sites for hydroxylation is 1. The van der Waals surface area contributed by atoms with Gasteiger partial charge in [0.05, 0.1) is 16.8 Å². The van der Waals surface area contributed by atoms with Crippen LogP contribution in [0, 0.1) is 12.3 Å². The minimum atomic E-state index is -0.368. The van der Waals surface area contributed by atoms with Gasteiger partial charge in [0, 0.05) is 19.4 Å². The molecule has 0 spiro atoms. The Morgan fingerprint density at radius 1 is 1.50 bits per heavy atom. The monoisotopic (exact) mass is 372 g/mol. The molecule has 2 aromatic heterocycles. The first-order chi connectivity index (χ1) is 12.4. The van der Waals surface area contributed by atoms with Crippen LogP contribution in [0.25, 0.3) is 10.6 Å². The molecule has 0 aromatic carbocycles. The predicted molar refractivity (Wildman–Crippen MR) is 103 cm³/mol.